The maximum Gasteiger partial charge on any atom is 0.416 e. The molecule has 22 heavy (non-hydrogen) atoms. The quantitative estimate of drug-likeness (QED) is 0.806. The molecule has 0 spiro atoms. The maximum atomic E-state index is 12.6. The Morgan fingerprint density at radius 3 is 2.36 bits per heavy atom. The second-order valence-electron chi connectivity index (χ2n) is 5.37. The third kappa shape index (κ3) is 3.32. The summed E-state index contributed by atoms with van der Waals surface area (Å²) in [5.41, 5.74) is 0.618. The van der Waals surface area contributed by atoms with Crippen molar-refractivity contribution in [3.8, 4) is 0 Å². The number of carbonyl (C=O) groups excluding carboxylic acids is 1. The lowest BCUT2D eigenvalue weighted by atomic mass is 10.1. The molecule has 0 atom stereocenters. The summed E-state index contributed by atoms with van der Waals surface area (Å²) in [6, 6.07) is 6.60. The van der Waals surface area contributed by atoms with E-state index in [9.17, 15) is 18.0 Å². The number of halogens is 3. The fourth-order valence-electron chi connectivity index (χ4n) is 2.30. The molecule has 2 nitrogen and oxygen atoms in total. The molecular formula is C16H14F3NOS. The Labute approximate surface area is 130 Å². The van der Waals surface area contributed by atoms with Gasteiger partial charge in [-0.2, -0.15) is 24.5 Å². The van der Waals surface area contributed by atoms with Crippen LogP contribution in [-0.2, 0) is 12.7 Å². The zero-order valence-corrected chi connectivity index (χ0v) is 12.5. The summed E-state index contributed by atoms with van der Waals surface area (Å²) in [5, 5.41) is 3.93. The minimum Gasteiger partial charge on any atom is -0.331 e. The molecule has 0 radical (unpaired) electrons. The highest BCUT2D eigenvalue weighted by molar-refractivity contribution is 7.07. The second-order valence-corrected chi connectivity index (χ2v) is 6.15. The molecule has 0 saturated heterocycles. The van der Waals surface area contributed by atoms with Crippen molar-refractivity contribution in [2.24, 2.45) is 0 Å². The van der Waals surface area contributed by atoms with Crippen LogP contribution in [-0.4, -0.2) is 16.8 Å². The van der Waals surface area contributed by atoms with E-state index in [0.717, 1.165) is 30.5 Å². The van der Waals surface area contributed by atoms with Crippen LogP contribution in [0.25, 0.3) is 0 Å². The molecule has 1 aliphatic rings. The molecule has 1 aliphatic carbocycles. The lowest BCUT2D eigenvalue weighted by Gasteiger charge is -2.22. The molecule has 1 fully saturated rings. The van der Waals surface area contributed by atoms with Crippen LogP contribution in [0, 0.1) is 0 Å². The highest BCUT2D eigenvalue weighted by Gasteiger charge is 2.34. The molecule has 0 bridgehead atoms. The summed E-state index contributed by atoms with van der Waals surface area (Å²) in [5.74, 6) is -0.206. The summed E-state index contributed by atoms with van der Waals surface area (Å²) < 4.78 is 37.7. The molecule has 116 valence electrons. The Bertz CT molecular complexity index is 645. The summed E-state index contributed by atoms with van der Waals surface area (Å²) in [7, 11) is 0. The highest BCUT2D eigenvalue weighted by atomic mass is 32.1. The zero-order chi connectivity index (χ0) is 15.7. The van der Waals surface area contributed by atoms with Gasteiger partial charge in [0.2, 0.25) is 0 Å². The van der Waals surface area contributed by atoms with Crippen LogP contribution in [0.3, 0.4) is 0 Å². The molecule has 1 aromatic heterocycles. The first-order valence-electron chi connectivity index (χ1n) is 6.94. The fraction of sp³-hybridized carbons (Fsp3) is 0.312. The van der Waals surface area contributed by atoms with E-state index in [0.29, 0.717) is 12.1 Å². The molecular weight excluding hydrogens is 311 g/mol. The predicted octanol–water partition coefficient (Wildman–Crippen LogP) is 4.57. The Kier molecular flexibility index (Phi) is 3.95. The summed E-state index contributed by atoms with van der Waals surface area (Å²) in [4.78, 5) is 14.3. The Balaban J connectivity index is 1.78. The molecule has 1 saturated carbocycles. The van der Waals surface area contributed by atoms with Gasteiger partial charge >= 0.3 is 6.18 Å². The second kappa shape index (κ2) is 5.76. The SMILES string of the molecule is O=C(c1ccc(C(F)(F)F)cc1)N(Cc1ccsc1)C1CC1. The van der Waals surface area contributed by atoms with Gasteiger partial charge in [-0.3, -0.25) is 4.79 Å². The number of amides is 1. The van der Waals surface area contributed by atoms with Gasteiger partial charge in [-0.25, -0.2) is 0 Å². The van der Waals surface area contributed by atoms with Crippen LogP contribution >= 0.6 is 11.3 Å². The van der Waals surface area contributed by atoms with Gasteiger partial charge < -0.3 is 4.90 Å². The smallest absolute Gasteiger partial charge is 0.331 e. The maximum absolute atomic E-state index is 12.6. The van der Waals surface area contributed by atoms with Gasteiger partial charge in [0.15, 0.2) is 0 Å². The Hall–Kier alpha value is -1.82. The van der Waals surface area contributed by atoms with Crippen molar-refractivity contribution in [3.05, 3.63) is 57.8 Å². The summed E-state index contributed by atoms with van der Waals surface area (Å²) >= 11 is 1.56. The van der Waals surface area contributed by atoms with E-state index in [2.05, 4.69) is 0 Å². The number of thiophene rings is 1. The molecule has 1 heterocycles. The third-order valence-corrected chi connectivity index (χ3v) is 4.37. The van der Waals surface area contributed by atoms with Gasteiger partial charge in [0, 0.05) is 18.2 Å². The lowest BCUT2D eigenvalue weighted by molar-refractivity contribution is -0.137. The van der Waals surface area contributed by atoms with Crippen molar-refractivity contribution in [3.63, 3.8) is 0 Å². The van der Waals surface area contributed by atoms with Crippen LogP contribution in [0.1, 0.15) is 34.3 Å². The number of rotatable bonds is 4. The van der Waals surface area contributed by atoms with Gasteiger partial charge in [0.25, 0.3) is 5.91 Å². The Morgan fingerprint density at radius 1 is 1.18 bits per heavy atom. The van der Waals surface area contributed by atoms with Crippen LogP contribution in [0.5, 0.6) is 0 Å². The number of carbonyl (C=O) groups is 1. The molecule has 3 rings (SSSR count). The zero-order valence-electron chi connectivity index (χ0n) is 11.6. The monoisotopic (exact) mass is 325 g/mol. The molecule has 6 heteroatoms. The van der Waals surface area contributed by atoms with Crippen molar-refractivity contribution >= 4 is 17.2 Å². The minimum atomic E-state index is -4.38. The predicted molar refractivity (Wildman–Crippen MR) is 78.7 cm³/mol. The van der Waals surface area contributed by atoms with Gasteiger partial charge in [-0.15, -0.1) is 0 Å². The van der Waals surface area contributed by atoms with E-state index in [1.807, 2.05) is 16.8 Å². The highest BCUT2D eigenvalue weighted by Crippen LogP contribution is 2.32. The molecule has 1 amide bonds. The summed E-state index contributed by atoms with van der Waals surface area (Å²) in [6.45, 7) is 0.508. The van der Waals surface area contributed by atoms with E-state index in [-0.39, 0.29) is 11.9 Å². The fourth-order valence-corrected chi connectivity index (χ4v) is 2.96. The number of hydrogen-bond acceptors (Lipinski definition) is 2. The average molecular weight is 325 g/mol. The normalized spacial score (nSPS) is 14.9. The standard InChI is InChI=1S/C16H14F3NOS/c17-16(18,19)13-3-1-12(2-4-13)15(21)20(14-5-6-14)9-11-7-8-22-10-11/h1-4,7-8,10,14H,5-6,9H2. The van der Waals surface area contributed by atoms with Crippen molar-refractivity contribution in [1.82, 2.24) is 4.90 Å². The number of hydrogen-bond donors (Lipinski definition) is 0. The van der Waals surface area contributed by atoms with Gasteiger partial charge in [0.05, 0.1) is 5.56 Å². The Morgan fingerprint density at radius 2 is 1.86 bits per heavy atom. The molecule has 1 aromatic carbocycles. The van der Waals surface area contributed by atoms with Crippen molar-refractivity contribution in [1.29, 1.82) is 0 Å². The molecule has 0 unspecified atom stereocenters. The number of alkyl halides is 3. The van der Waals surface area contributed by atoms with Crippen LogP contribution in [0.15, 0.2) is 41.1 Å². The van der Waals surface area contributed by atoms with E-state index in [1.54, 1.807) is 16.2 Å². The third-order valence-electron chi connectivity index (χ3n) is 3.64. The van der Waals surface area contributed by atoms with E-state index >= 15 is 0 Å². The topological polar surface area (TPSA) is 20.3 Å². The van der Waals surface area contributed by atoms with Gasteiger partial charge in [0.1, 0.15) is 0 Å². The average Bonchev–Trinajstić information content (AvgIpc) is 3.20. The van der Waals surface area contributed by atoms with Crippen LogP contribution in [0.4, 0.5) is 13.2 Å². The minimum absolute atomic E-state index is 0.203. The van der Waals surface area contributed by atoms with E-state index in [1.165, 1.54) is 12.1 Å². The first-order chi connectivity index (χ1) is 10.4. The van der Waals surface area contributed by atoms with Crippen LogP contribution < -0.4 is 0 Å². The van der Waals surface area contributed by atoms with E-state index in [4.69, 9.17) is 0 Å². The lowest BCUT2D eigenvalue weighted by Crippen LogP contribution is -2.32. The summed E-state index contributed by atoms with van der Waals surface area (Å²) in [6.07, 6.45) is -2.47. The van der Waals surface area contributed by atoms with Gasteiger partial charge in [-0.1, -0.05) is 0 Å². The van der Waals surface area contributed by atoms with Crippen LogP contribution in [0.2, 0.25) is 0 Å². The first kappa shape index (κ1) is 15.1. The molecule has 2 aromatic rings. The van der Waals surface area contributed by atoms with Gasteiger partial charge in [-0.05, 0) is 59.5 Å². The van der Waals surface area contributed by atoms with Crippen molar-refractivity contribution in [2.45, 2.75) is 31.6 Å². The van der Waals surface area contributed by atoms with Crippen molar-refractivity contribution < 1.29 is 18.0 Å². The first-order valence-corrected chi connectivity index (χ1v) is 7.89. The molecule has 0 aliphatic heterocycles. The number of nitrogens with zero attached hydrogens (tertiary/aromatic N) is 1. The van der Waals surface area contributed by atoms with E-state index < -0.39 is 11.7 Å². The number of benzene rings is 1. The largest absolute Gasteiger partial charge is 0.416 e. The van der Waals surface area contributed by atoms with Crippen molar-refractivity contribution in [2.75, 3.05) is 0 Å². The molecule has 0 N–H and O–H groups in total.